The summed E-state index contributed by atoms with van der Waals surface area (Å²) >= 11 is 0. The topological polar surface area (TPSA) is 12.0 Å². The van der Waals surface area contributed by atoms with Gasteiger partial charge in [0.25, 0.3) is 0 Å². The van der Waals surface area contributed by atoms with Crippen LogP contribution in [0, 0.1) is 5.92 Å². The van der Waals surface area contributed by atoms with Gasteiger partial charge in [-0.05, 0) is 24.7 Å². The van der Waals surface area contributed by atoms with E-state index in [9.17, 15) is 0 Å². The van der Waals surface area contributed by atoms with Crippen molar-refractivity contribution in [3.05, 3.63) is 0 Å². The Kier molecular flexibility index (Phi) is 3.35. The molecule has 0 amide bonds. The van der Waals surface area contributed by atoms with E-state index in [1.807, 2.05) is 0 Å². The summed E-state index contributed by atoms with van der Waals surface area (Å²) < 4.78 is 0. The third-order valence-corrected chi connectivity index (χ3v) is 7.63. The second-order valence-electron chi connectivity index (χ2n) is 5.03. The van der Waals surface area contributed by atoms with Crippen LogP contribution >= 0.6 is 0 Å². The molecule has 2 atom stereocenters. The van der Waals surface area contributed by atoms with E-state index < -0.39 is 8.07 Å². The Hall–Kier alpha value is 0.177. The summed E-state index contributed by atoms with van der Waals surface area (Å²) in [5, 5.41) is 3.37. The van der Waals surface area contributed by atoms with Crippen LogP contribution in [-0.2, 0) is 0 Å². The molecule has 0 saturated heterocycles. The predicted molar refractivity (Wildman–Crippen MR) is 58.2 cm³/mol. The van der Waals surface area contributed by atoms with Crippen molar-refractivity contribution in [2.24, 2.45) is 5.92 Å². The minimum absolute atomic E-state index is 0.944. The lowest BCUT2D eigenvalue weighted by atomic mass is 10.1. The molecule has 1 saturated carbocycles. The van der Waals surface area contributed by atoms with Gasteiger partial charge in [-0.1, -0.05) is 39.3 Å². The maximum Gasteiger partial charge on any atom is 0.0659 e. The number of nitrogens with one attached hydrogen (secondary N) is 1. The van der Waals surface area contributed by atoms with Crippen molar-refractivity contribution in [3.63, 3.8) is 0 Å². The summed E-state index contributed by atoms with van der Waals surface area (Å²) in [7, 11) is 1.15. The predicted octanol–water partition coefficient (Wildman–Crippen LogP) is 2.64. The third-order valence-electron chi connectivity index (χ3n) is 3.50. The first-order chi connectivity index (χ1) is 5.58. The zero-order valence-electron chi connectivity index (χ0n) is 8.98. The summed E-state index contributed by atoms with van der Waals surface area (Å²) in [6.45, 7) is 7.52. The molecule has 2 heteroatoms. The highest BCUT2D eigenvalue weighted by atomic mass is 28.3. The first-order valence-corrected chi connectivity index (χ1v) is 8.51. The zero-order chi connectivity index (χ0) is 9.19. The van der Waals surface area contributed by atoms with Crippen LogP contribution in [0.2, 0.25) is 18.6 Å². The first kappa shape index (κ1) is 10.3. The van der Waals surface area contributed by atoms with E-state index in [-0.39, 0.29) is 0 Å². The minimum Gasteiger partial charge on any atom is -0.322 e. The first-order valence-electron chi connectivity index (χ1n) is 5.22. The molecule has 1 N–H and O–H groups in total. The normalized spacial score (nSPS) is 31.0. The van der Waals surface area contributed by atoms with Gasteiger partial charge in [0.1, 0.15) is 0 Å². The lowest BCUT2D eigenvalue weighted by Crippen LogP contribution is -2.43. The fraction of sp³-hybridized carbons (Fsp3) is 1.00. The fourth-order valence-electron chi connectivity index (χ4n) is 2.89. The highest BCUT2D eigenvalue weighted by Crippen LogP contribution is 2.42. The van der Waals surface area contributed by atoms with E-state index in [1.54, 1.807) is 0 Å². The molecular weight excluding hydrogens is 162 g/mol. The summed E-state index contributed by atoms with van der Waals surface area (Å²) in [5.41, 5.74) is 1.07. The van der Waals surface area contributed by atoms with Gasteiger partial charge in [-0.25, -0.2) is 0 Å². The molecule has 1 unspecified atom stereocenters. The second kappa shape index (κ2) is 3.92. The van der Waals surface area contributed by atoms with Crippen LogP contribution in [0.5, 0.6) is 0 Å². The van der Waals surface area contributed by atoms with E-state index in [0.29, 0.717) is 0 Å². The molecule has 1 aliphatic carbocycles. The Balaban J connectivity index is 2.54. The van der Waals surface area contributed by atoms with Crippen molar-refractivity contribution in [2.75, 3.05) is 13.2 Å². The molecule has 0 aromatic carbocycles. The lowest BCUT2D eigenvalue weighted by molar-refractivity contribution is 0.591. The standard InChI is InChI=1S/C10H23NSi/c1-9-6-5-7-10(9)12(3,4)8-11-2/h9-11H,5-8H2,1-4H3/t9-,10?/m0/s1. The second-order valence-corrected chi connectivity index (χ2v) is 10.1. The molecule has 0 spiro atoms. The van der Waals surface area contributed by atoms with Gasteiger partial charge < -0.3 is 5.32 Å². The SMILES string of the molecule is CNC[Si](C)(C)C1CCC[C@@H]1C. The summed E-state index contributed by atoms with van der Waals surface area (Å²) in [4.78, 5) is 0. The molecule has 1 rings (SSSR count). The Morgan fingerprint density at radius 1 is 1.33 bits per heavy atom. The van der Waals surface area contributed by atoms with Gasteiger partial charge in [-0.3, -0.25) is 0 Å². The van der Waals surface area contributed by atoms with Gasteiger partial charge in [0.05, 0.1) is 8.07 Å². The molecule has 1 fully saturated rings. The molecule has 0 heterocycles. The lowest BCUT2D eigenvalue weighted by Gasteiger charge is -2.32. The van der Waals surface area contributed by atoms with Gasteiger partial charge in [0, 0.05) is 0 Å². The van der Waals surface area contributed by atoms with Crippen molar-refractivity contribution in [3.8, 4) is 0 Å². The zero-order valence-corrected chi connectivity index (χ0v) is 9.98. The van der Waals surface area contributed by atoms with Crippen molar-refractivity contribution in [2.45, 2.75) is 44.8 Å². The molecule has 0 aromatic heterocycles. The van der Waals surface area contributed by atoms with Crippen LogP contribution in [0.15, 0.2) is 0 Å². The van der Waals surface area contributed by atoms with Crippen molar-refractivity contribution in [1.29, 1.82) is 0 Å². The maximum atomic E-state index is 3.37. The average Bonchev–Trinajstić information content (AvgIpc) is 2.35. The van der Waals surface area contributed by atoms with Crippen LogP contribution in [0.4, 0.5) is 0 Å². The monoisotopic (exact) mass is 185 g/mol. The molecule has 1 aliphatic rings. The number of hydrogen-bond donors (Lipinski definition) is 1. The highest BCUT2D eigenvalue weighted by molar-refractivity contribution is 6.79. The van der Waals surface area contributed by atoms with E-state index >= 15 is 0 Å². The number of rotatable bonds is 3. The molecule has 1 nitrogen and oxygen atoms in total. The molecule has 0 bridgehead atoms. The van der Waals surface area contributed by atoms with Gasteiger partial charge >= 0.3 is 0 Å². The van der Waals surface area contributed by atoms with Gasteiger partial charge in [-0.15, -0.1) is 0 Å². The Labute approximate surface area is 77.9 Å². The Bertz CT molecular complexity index is 145. The minimum atomic E-state index is -0.944. The number of hydrogen-bond acceptors (Lipinski definition) is 1. The van der Waals surface area contributed by atoms with Crippen molar-refractivity contribution in [1.82, 2.24) is 5.32 Å². The largest absolute Gasteiger partial charge is 0.322 e. The highest BCUT2D eigenvalue weighted by Gasteiger charge is 2.37. The summed E-state index contributed by atoms with van der Waals surface area (Å²) in [6, 6.07) is 0. The molecule has 72 valence electrons. The molecule has 0 aliphatic heterocycles. The van der Waals surface area contributed by atoms with Crippen molar-refractivity contribution < 1.29 is 0 Å². The average molecular weight is 185 g/mol. The molecule has 12 heavy (non-hydrogen) atoms. The third kappa shape index (κ3) is 2.11. The van der Waals surface area contributed by atoms with Crippen LogP contribution in [-0.4, -0.2) is 21.3 Å². The molecule has 0 aromatic rings. The summed E-state index contributed by atoms with van der Waals surface area (Å²) in [5.74, 6) is 1.00. The van der Waals surface area contributed by atoms with Crippen LogP contribution in [0.3, 0.4) is 0 Å². The van der Waals surface area contributed by atoms with E-state index in [0.717, 1.165) is 11.5 Å². The van der Waals surface area contributed by atoms with Gasteiger partial charge in [-0.2, -0.15) is 0 Å². The Morgan fingerprint density at radius 3 is 2.42 bits per heavy atom. The van der Waals surface area contributed by atoms with Gasteiger partial charge in [0.2, 0.25) is 0 Å². The van der Waals surface area contributed by atoms with Gasteiger partial charge in [0.15, 0.2) is 0 Å². The smallest absolute Gasteiger partial charge is 0.0659 e. The summed E-state index contributed by atoms with van der Waals surface area (Å²) in [6.07, 6.45) is 5.75. The maximum absolute atomic E-state index is 3.37. The van der Waals surface area contributed by atoms with E-state index in [2.05, 4.69) is 32.4 Å². The molecule has 0 radical (unpaired) electrons. The fourth-order valence-corrected chi connectivity index (χ4v) is 6.76. The van der Waals surface area contributed by atoms with Crippen molar-refractivity contribution >= 4 is 8.07 Å². The van der Waals surface area contributed by atoms with Crippen LogP contribution in [0.25, 0.3) is 0 Å². The van der Waals surface area contributed by atoms with Crippen LogP contribution in [0.1, 0.15) is 26.2 Å². The van der Waals surface area contributed by atoms with Crippen LogP contribution < -0.4 is 5.32 Å². The van der Waals surface area contributed by atoms with E-state index in [4.69, 9.17) is 0 Å². The quantitative estimate of drug-likeness (QED) is 0.667. The Morgan fingerprint density at radius 2 is 2.00 bits per heavy atom. The van der Waals surface area contributed by atoms with E-state index in [1.165, 1.54) is 25.4 Å². The molecular formula is C10H23NSi.